The van der Waals surface area contributed by atoms with Crippen LogP contribution in [-0.2, 0) is 8.85 Å². The molecular formula is C12H28N4O2Si. The number of hydrogen-bond donors (Lipinski definition) is 2. The summed E-state index contributed by atoms with van der Waals surface area (Å²) in [6, 6.07) is 0. The normalized spacial score (nSPS) is 23.7. The van der Waals surface area contributed by atoms with Crippen molar-refractivity contribution in [2.24, 2.45) is 0 Å². The van der Waals surface area contributed by atoms with Gasteiger partial charge in [0.15, 0.2) is 0 Å². The highest BCUT2D eigenvalue weighted by molar-refractivity contribution is 6.67. The van der Waals surface area contributed by atoms with Crippen LogP contribution in [0.4, 0.5) is 0 Å². The largest absolute Gasteiger partial charge is 0.396 e. The van der Waals surface area contributed by atoms with Crippen molar-refractivity contribution in [3.8, 4) is 0 Å². The molecule has 2 heterocycles. The van der Waals surface area contributed by atoms with Gasteiger partial charge < -0.3 is 19.5 Å². The van der Waals surface area contributed by atoms with Gasteiger partial charge in [-0.1, -0.05) is 0 Å². The fourth-order valence-corrected chi connectivity index (χ4v) is 5.59. The van der Waals surface area contributed by atoms with E-state index in [4.69, 9.17) is 8.85 Å². The Balaban J connectivity index is 1.90. The molecule has 2 N–H and O–H groups in total. The van der Waals surface area contributed by atoms with Gasteiger partial charge in [-0.05, 0) is 0 Å². The predicted molar refractivity (Wildman–Crippen MR) is 78.4 cm³/mol. The van der Waals surface area contributed by atoms with Crippen LogP contribution < -0.4 is 10.6 Å². The van der Waals surface area contributed by atoms with Crippen LogP contribution >= 0.6 is 0 Å². The second kappa shape index (κ2) is 7.68. The number of rotatable bonds is 6. The summed E-state index contributed by atoms with van der Waals surface area (Å²) < 4.78 is 11.8. The first kappa shape index (κ1) is 15.4. The third kappa shape index (κ3) is 4.49. The first-order valence-corrected chi connectivity index (χ1v) is 9.47. The molecule has 0 atom stereocenters. The maximum atomic E-state index is 5.89. The highest BCUT2D eigenvalue weighted by Gasteiger charge is 2.40. The first-order chi connectivity index (χ1) is 9.28. The summed E-state index contributed by atoms with van der Waals surface area (Å²) in [4.78, 5) is 4.97. The zero-order chi connectivity index (χ0) is 13.6. The van der Waals surface area contributed by atoms with Gasteiger partial charge >= 0.3 is 8.56 Å². The molecule has 6 nitrogen and oxygen atoms in total. The Labute approximate surface area is 117 Å². The van der Waals surface area contributed by atoms with Crippen molar-refractivity contribution < 1.29 is 8.85 Å². The molecule has 2 aliphatic rings. The van der Waals surface area contributed by atoms with Crippen molar-refractivity contribution in [3.63, 3.8) is 0 Å². The first-order valence-electron chi connectivity index (χ1n) is 7.24. The fourth-order valence-electron chi connectivity index (χ4n) is 2.81. The Morgan fingerprint density at radius 2 is 1.16 bits per heavy atom. The number of hydrogen-bond acceptors (Lipinski definition) is 6. The zero-order valence-corrected chi connectivity index (χ0v) is 13.3. The SMILES string of the molecule is CO[Si](CN1CCNCC1)(CN1CCNCC1)OC. The third-order valence-electron chi connectivity index (χ3n) is 4.09. The summed E-state index contributed by atoms with van der Waals surface area (Å²) in [6.07, 6.45) is 1.96. The predicted octanol–water partition coefficient (Wildman–Crippen LogP) is -1.39. The van der Waals surface area contributed by atoms with Crippen LogP contribution in [0.2, 0.25) is 0 Å². The van der Waals surface area contributed by atoms with Crippen LogP contribution in [0.25, 0.3) is 0 Å². The van der Waals surface area contributed by atoms with Crippen LogP contribution in [0.5, 0.6) is 0 Å². The summed E-state index contributed by atoms with van der Waals surface area (Å²) in [5.41, 5.74) is 0. The molecule has 0 bridgehead atoms. The van der Waals surface area contributed by atoms with Gasteiger partial charge in [0, 0.05) is 78.9 Å². The van der Waals surface area contributed by atoms with Gasteiger partial charge in [0.1, 0.15) is 0 Å². The van der Waals surface area contributed by atoms with Crippen LogP contribution in [0, 0.1) is 0 Å². The molecule has 0 saturated carbocycles. The molecule has 2 fully saturated rings. The summed E-state index contributed by atoms with van der Waals surface area (Å²) in [5.74, 6) is 0. The molecule has 2 rings (SSSR count). The van der Waals surface area contributed by atoms with Crippen molar-refractivity contribution >= 4 is 8.56 Å². The second-order valence-corrected chi connectivity index (χ2v) is 8.64. The van der Waals surface area contributed by atoms with E-state index in [-0.39, 0.29) is 0 Å². The highest BCUT2D eigenvalue weighted by Crippen LogP contribution is 2.12. The van der Waals surface area contributed by atoms with Crippen LogP contribution in [0.15, 0.2) is 0 Å². The molecule has 0 unspecified atom stereocenters. The van der Waals surface area contributed by atoms with E-state index in [0.29, 0.717) is 0 Å². The van der Waals surface area contributed by atoms with Gasteiger partial charge in [0.05, 0.1) is 0 Å². The van der Waals surface area contributed by atoms with Crippen molar-refractivity contribution in [2.75, 3.05) is 78.9 Å². The van der Waals surface area contributed by atoms with Crippen molar-refractivity contribution in [1.29, 1.82) is 0 Å². The Bertz CT molecular complexity index is 232. The lowest BCUT2D eigenvalue weighted by Crippen LogP contribution is -2.62. The van der Waals surface area contributed by atoms with Gasteiger partial charge in [-0.3, -0.25) is 9.80 Å². The summed E-state index contributed by atoms with van der Waals surface area (Å²) >= 11 is 0. The minimum Gasteiger partial charge on any atom is -0.396 e. The third-order valence-corrected chi connectivity index (χ3v) is 7.44. The van der Waals surface area contributed by atoms with E-state index in [2.05, 4.69) is 20.4 Å². The van der Waals surface area contributed by atoms with E-state index in [0.717, 1.165) is 64.7 Å². The van der Waals surface area contributed by atoms with Crippen molar-refractivity contribution in [1.82, 2.24) is 20.4 Å². The minimum absolute atomic E-state index is 0.978. The minimum atomic E-state index is -2.12. The van der Waals surface area contributed by atoms with Crippen LogP contribution in [0.3, 0.4) is 0 Å². The molecule has 2 aliphatic heterocycles. The summed E-state index contributed by atoms with van der Waals surface area (Å²) in [7, 11) is 1.52. The van der Waals surface area contributed by atoms with Crippen LogP contribution in [-0.4, -0.2) is 97.3 Å². The van der Waals surface area contributed by atoms with E-state index in [1.165, 1.54) is 0 Å². The van der Waals surface area contributed by atoms with E-state index in [1.54, 1.807) is 0 Å². The maximum absolute atomic E-state index is 5.89. The van der Waals surface area contributed by atoms with Gasteiger partial charge in [-0.25, -0.2) is 0 Å². The highest BCUT2D eigenvalue weighted by atomic mass is 28.4. The lowest BCUT2D eigenvalue weighted by Gasteiger charge is -2.39. The molecule has 0 aliphatic carbocycles. The molecule has 0 spiro atoms. The summed E-state index contributed by atoms with van der Waals surface area (Å²) in [6.45, 7) is 8.70. The molecule has 0 aromatic heterocycles. The number of nitrogens with one attached hydrogen (secondary N) is 2. The Morgan fingerprint density at radius 1 is 0.789 bits per heavy atom. The molecule has 7 heteroatoms. The molecule has 19 heavy (non-hydrogen) atoms. The molecule has 0 aromatic carbocycles. The topological polar surface area (TPSA) is 49.0 Å². The molecular weight excluding hydrogens is 260 g/mol. The Kier molecular flexibility index (Phi) is 6.21. The van der Waals surface area contributed by atoms with Gasteiger partial charge in [0.2, 0.25) is 0 Å². The van der Waals surface area contributed by atoms with E-state index in [1.807, 2.05) is 14.2 Å². The van der Waals surface area contributed by atoms with Crippen molar-refractivity contribution in [3.05, 3.63) is 0 Å². The molecule has 0 amide bonds. The zero-order valence-electron chi connectivity index (χ0n) is 12.3. The smallest absolute Gasteiger partial charge is 0.366 e. The van der Waals surface area contributed by atoms with E-state index in [9.17, 15) is 0 Å². The van der Waals surface area contributed by atoms with Crippen molar-refractivity contribution in [2.45, 2.75) is 0 Å². The lowest BCUT2D eigenvalue weighted by molar-refractivity contribution is 0.163. The number of piperazine rings is 2. The van der Waals surface area contributed by atoms with Gasteiger partial charge in [0.25, 0.3) is 0 Å². The quantitative estimate of drug-likeness (QED) is 0.587. The van der Waals surface area contributed by atoms with Crippen LogP contribution in [0.1, 0.15) is 0 Å². The molecule has 0 radical (unpaired) electrons. The molecule has 0 aromatic rings. The average molecular weight is 288 g/mol. The van der Waals surface area contributed by atoms with E-state index < -0.39 is 8.56 Å². The maximum Gasteiger partial charge on any atom is 0.366 e. The Hall–Kier alpha value is -0.0231. The Morgan fingerprint density at radius 3 is 1.47 bits per heavy atom. The van der Waals surface area contributed by atoms with Gasteiger partial charge in [-0.2, -0.15) is 0 Å². The van der Waals surface area contributed by atoms with E-state index >= 15 is 0 Å². The summed E-state index contributed by atoms with van der Waals surface area (Å²) in [5, 5.41) is 6.78. The van der Waals surface area contributed by atoms with Gasteiger partial charge in [-0.15, -0.1) is 0 Å². The number of nitrogens with zero attached hydrogens (tertiary/aromatic N) is 2. The average Bonchev–Trinajstić information content (AvgIpc) is 2.48. The molecule has 112 valence electrons. The lowest BCUT2D eigenvalue weighted by atomic mass is 10.4. The standard InChI is InChI=1S/C12H28N4O2Si/c1-17-19(18-2,11-15-7-3-13-4-8-15)12-16-9-5-14-6-10-16/h13-14H,3-12H2,1-2H3. The fraction of sp³-hybridized carbons (Fsp3) is 1.00. The second-order valence-electron chi connectivity index (χ2n) is 5.37. The monoisotopic (exact) mass is 288 g/mol. The molecule has 2 saturated heterocycles.